The average Bonchev–Trinajstić information content (AvgIpc) is 2.19. The van der Waals surface area contributed by atoms with Gasteiger partial charge in [0.1, 0.15) is 0 Å². The van der Waals surface area contributed by atoms with Crippen molar-refractivity contribution in [3.05, 3.63) is 30.1 Å². The molecule has 2 N–H and O–H groups in total. The normalized spacial score (nSPS) is 32.6. The molecule has 0 radical (unpaired) electrons. The van der Waals surface area contributed by atoms with Crippen LogP contribution in [0.3, 0.4) is 0 Å². The third-order valence-corrected chi connectivity index (χ3v) is 3.51. The fraction of sp³-hybridized carbons (Fsp3) is 0.545. The first kappa shape index (κ1) is 8.70. The summed E-state index contributed by atoms with van der Waals surface area (Å²) in [6.45, 7) is 3.00. The largest absolute Gasteiger partial charge is 0.330 e. The Balaban J connectivity index is 2.33. The maximum Gasteiger partial charge on any atom is 0.0480 e. The van der Waals surface area contributed by atoms with E-state index in [0.29, 0.717) is 5.92 Å². The fourth-order valence-corrected chi connectivity index (χ4v) is 2.23. The lowest BCUT2D eigenvalue weighted by atomic mass is 9.59. The van der Waals surface area contributed by atoms with Gasteiger partial charge in [-0.1, -0.05) is 13.0 Å². The summed E-state index contributed by atoms with van der Waals surface area (Å²) in [5.74, 6) is 0.687. The summed E-state index contributed by atoms with van der Waals surface area (Å²) in [5.41, 5.74) is 7.21. The van der Waals surface area contributed by atoms with Crippen molar-refractivity contribution in [2.75, 3.05) is 6.54 Å². The highest BCUT2D eigenvalue weighted by Crippen LogP contribution is 2.46. The summed E-state index contributed by atoms with van der Waals surface area (Å²) in [7, 11) is 0. The molecule has 0 amide bonds. The fourth-order valence-electron chi connectivity index (χ4n) is 2.23. The minimum atomic E-state index is 0.182. The minimum Gasteiger partial charge on any atom is -0.330 e. The van der Waals surface area contributed by atoms with E-state index in [-0.39, 0.29) is 5.41 Å². The maximum atomic E-state index is 5.85. The van der Waals surface area contributed by atoms with Crippen LogP contribution >= 0.6 is 0 Å². The highest BCUT2D eigenvalue weighted by molar-refractivity contribution is 5.23. The van der Waals surface area contributed by atoms with E-state index in [2.05, 4.69) is 18.0 Å². The molecule has 1 aliphatic carbocycles. The summed E-state index contributed by atoms with van der Waals surface area (Å²) in [4.78, 5) is 4.41. The van der Waals surface area contributed by atoms with Gasteiger partial charge >= 0.3 is 0 Å². The summed E-state index contributed by atoms with van der Waals surface area (Å²) < 4.78 is 0. The lowest BCUT2D eigenvalue weighted by Gasteiger charge is -2.47. The zero-order chi connectivity index (χ0) is 9.31. The predicted molar refractivity (Wildman–Crippen MR) is 53.4 cm³/mol. The molecule has 0 aromatic carbocycles. The summed E-state index contributed by atoms with van der Waals surface area (Å²) in [6, 6.07) is 6.10. The molecule has 0 saturated heterocycles. The van der Waals surface area contributed by atoms with E-state index in [0.717, 1.165) is 6.54 Å². The van der Waals surface area contributed by atoms with Gasteiger partial charge in [0.15, 0.2) is 0 Å². The smallest absolute Gasteiger partial charge is 0.0480 e. The molecule has 0 bridgehead atoms. The lowest BCUT2D eigenvalue weighted by Crippen LogP contribution is -2.49. The first-order chi connectivity index (χ1) is 6.29. The van der Waals surface area contributed by atoms with Crippen LogP contribution in [-0.2, 0) is 5.41 Å². The first-order valence-electron chi connectivity index (χ1n) is 4.91. The Morgan fingerprint density at radius 1 is 1.62 bits per heavy atom. The van der Waals surface area contributed by atoms with E-state index < -0.39 is 0 Å². The zero-order valence-corrected chi connectivity index (χ0v) is 8.03. The Bertz CT molecular complexity index is 279. The average molecular weight is 176 g/mol. The van der Waals surface area contributed by atoms with Crippen molar-refractivity contribution >= 4 is 0 Å². The second-order valence-corrected chi connectivity index (χ2v) is 4.01. The molecule has 1 aromatic heterocycles. The highest BCUT2D eigenvalue weighted by Gasteiger charge is 2.45. The van der Waals surface area contributed by atoms with Crippen molar-refractivity contribution < 1.29 is 0 Å². The van der Waals surface area contributed by atoms with Crippen LogP contribution in [0.15, 0.2) is 24.4 Å². The molecule has 1 saturated carbocycles. The SMILES string of the molecule is CC1CCC1(CN)c1ccccn1. The standard InChI is InChI=1S/C11H16N2/c1-9-5-6-11(9,8-12)10-4-2-3-7-13-10/h2-4,7,9H,5-6,8,12H2,1H3. The van der Waals surface area contributed by atoms with Crippen molar-refractivity contribution in [3.63, 3.8) is 0 Å². The van der Waals surface area contributed by atoms with Crippen molar-refractivity contribution in [1.82, 2.24) is 4.98 Å². The van der Waals surface area contributed by atoms with Crippen LogP contribution in [0.5, 0.6) is 0 Å². The van der Waals surface area contributed by atoms with Crippen molar-refractivity contribution in [1.29, 1.82) is 0 Å². The van der Waals surface area contributed by atoms with Crippen LogP contribution in [-0.4, -0.2) is 11.5 Å². The van der Waals surface area contributed by atoms with E-state index in [1.807, 2.05) is 18.3 Å². The Kier molecular flexibility index (Phi) is 2.08. The van der Waals surface area contributed by atoms with Gasteiger partial charge < -0.3 is 5.73 Å². The van der Waals surface area contributed by atoms with E-state index in [4.69, 9.17) is 5.73 Å². The molecule has 13 heavy (non-hydrogen) atoms. The van der Waals surface area contributed by atoms with Gasteiger partial charge in [-0.3, -0.25) is 4.98 Å². The molecular formula is C11H16N2. The van der Waals surface area contributed by atoms with Crippen molar-refractivity contribution in [2.45, 2.75) is 25.2 Å². The predicted octanol–water partition coefficient (Wildman–Crippen LogP) is 1.71. The molecule has 1 aromatic rings. The Morgan fingerprint density at radius 2 is 2.46 bits per heavy atom. The van der Waals surface area contributed by atoms with Crippen LogP contribution in [0.4, 0.5) is 0 Å². The molecule has 2 nitrogen and oxygen atoms in total. The summed E-state index contributed by atoms with van der Waals surface area (Å²) in [6.07, 6.45) is 4.34. The third-order valence-electron chi connectivity index (χ3n) is 3.51. The molecule has 2 heteroatoms. The van der Waals surface area contributed by atoms with Gasteiger partial charge in [0.2, 0.25) is 0 Å². The van der Waals surface area contributed by atoms with Crippen molar-refractivity contribution in [2.24, 2.45) is 11.7 Å². The quantitative estimate of drug-likeness (QED) is 0.745. The number of hydrogen-bond donors (Lipinski definition) is 1. The number of aromatic nitrogens is 1. The van der Waals surface area contributed by atoms with Crippen LogP contribution in [0.25, 0.3) is 0 Å². The van der Waals surface area contributed by atoms with Crippen molar-refractivity contribution in [3.8, 4) is 0 Å². The first-order valence-corrected chi connectivity index (χ1v) is 4.91. The number of nitrogens with zero attached hydrogens (tertiary/aromatic N) is 1. The van der Waals surface area contributed by atoms with Gasteiger partial charge in [-0.05, 0) is 30.9 Å². The third kappa shape index (κ3) is 1.17. The van der Waals surface area contributed by atoms with Crippen LogP contribution in [0.2, 0.25) is 0 Å². The molecule has 2 atom stereocenters. The number of pyridine rings is 1. The number of nitrogens with two attached hydrogens (primary N) is 1. The van der Waals surface area contributed by atoms with Gasteiger partial charge in [-0.2, -0.15) is 0 Å². The summed E-state index contributed by atoms with van der Waals surface area (Å²) >= 11 is 0. The molecular weight excluding hydrogens is 160 g/mol. The Hall–Kier alpha value is -0.890. The summed E-state index contributed by atoms with van der Waals surface area (Å²) in [5, 5.41) is 0. The van der Waals surface area contributed by atoms with E-state index >= 15 is 0 Å². The van der Waals surface area contributed by atoms with Gasteiger partial charge in [-0.25, -0.2) is 0 Å². The minimum absolute atomic E-state index is 0.182. The van der Waals surface area contributed by atoms with Crippen LogP contribution in [0, 0.1) is 5.92 Å². The molecule has 0 aliphatic heterocycles. The van der Waals surface area contributed by atoms with Crippen LogP contribution < -0.4 is 5.73 Å². The van der Waals surface area contributed by atoms with Gasteiger partial charge in [0.25, 0.3) is 0 Å². The molecule has 1 fully saturated rings. The Morgan fingerprint density at radius 3 is 2.85 bits per heavy atom. The van der Waals surface area contributed by atoms with Gasteiger partial charge in [0, 0.05) is 23.9 Å². The molecule has 2 rings (SSSR count). The van der Waals surface area contributed by atoms with Crippen LogP contribution in [0.1, 0.15) is 25.5 Å². The van der Waals surface area contributed by atoms with E-state index in [1.165, 1.54) is 18.5 Å². The number of rotatable bonds is 2. The monoisotopic (exact) mass is 176 g/mol. The van der Waals surface area contributed by atoms with Gasteiger partial charge in [-0.15, -0.1) is 0 Å². The lowest BCUT2D eigenvalue weighted by molar-refractivity contribution is 0.141. The second-order valence-electron chi connectivity index (χ2n) is 4.01. The molecule has 70 valence electrons. The van der Waals surface area contributed by atoms with E-state index in [1.54, 1.807) is 0 Å². The maximum absolute atomic E-state index is 5.85. The van der Waals surface area contributed by atoms with Gasteiger partial charge in [0.05, 0.1) is 0 Å². The number of hydrogen-bond acceptors (Lipinski definition) is 2. The Labute approximate surface area is 79.2 Å². The second kappa shape index (κ2) is 3.11. The molecule has 2 unspecified atom stereocenters. The highest BCUT2D eigenvalue weighted by atomic mass is 14.8. The molecule has 0 spiro atoms. The topological polar surface area (TPSA) is 38.9 Å². The zero-order valence-electron chi connectivity index (χ0n) is 8.03. The molecule has 1 heterocycles. The molecule has 1 aliphatic rings. The van der Waals surface area contributed by atoms with E-state index in [9.17, 15) is 0 Å².